The van der Waals surface area contributed by atoms with E-state index in [4.69, 9.17) is 11.6 Å². The molecule has 0 saturated carbocycles. The molecule has 0 heterocycles. The predicted octanol–water partition coefficient (Wildman–Crippen LogP) is 5.70. The van der Waals surface area contributed by atoms with Gasteiger partial charge in [0.05, 0.1) is 10.4 Å². The molecule has 0 amide bonds. The van der Waals surface area contributed by atoms with E-state index in [0.717, 1.165) is 32.3 Å². The van der Waals surface area contributed by atoms with Crippen LogP contribution in [-0.2, 0) is 0 Å². The average Bonchev–Trinajstić information content (AvgIpc) is 2.69. The number of rotatable bonds is 0. The van der Waals surface area contributed by atoms with Crippen LogP contribution in [0.15, 0.2) is 76.3 Å². The Morgan fingerprint density at radius 1 is 0.519 bits per heavy atom. The summed E-state index contributed by atoms with van der Waals surface area (Å²) < 4.78 is 0. The fourth-order valence-corrected chi connectivity index (χ4v) is 4.71. The highest BCUT2D eigenvalue weighted by atomic mass is 35.5. The van der Waals surface area contributed by atoms with Crippen LogP contribution in [0.4, 0.5) is 0 Å². The number of hydrogen-bond acceptors (Lipinski definition) is 2. The maximum Gasteiger partial charge on any atom is 0.196 e. The van der Waals surface area contributed by atoms with Gasteiger partial charge in [-0.3, -0.25) is 9.59 Å². The van der Waals surface area contributed by atoms with Crippen molar-refractivity contribution in [1.82, 2.24) is 0 Å². The molecule has 27 heavy (non-hydrogen) atoms. The lowest BCUT2D eigenvalue weighted by Crippen LogP contribution is -2.13. The topological polar surface area (TPSA) is 34.1 Å². The molecule has 0 aliphatic heterocycles. The maximum atomic E-state index is 13.4. The van der Waals surface area contributed by atoms with Crippen molar-refractivity contribution >= 4 is 65.5 Å². The van der Waals surface area contributed by atoms with Crippen LogP contribution in [0.3, 0.4) is 0 Å². The van der Waals surface area contributed by atoms with E-state index in [1.54, 1.807) is 18.2 Å². The second-order valence-corrected chi connectivity index (χ2v) is 7.38. The van der Waals surface area contributed by atoms with E-state index in [1.807, 2.05) is 30.3 Å². The number of fused-ring (bicyclic) bond motifs is 3. The Hall–Kier alpha value is -3.23. The van der Waals surface area contributed by atoms with Crippen molar-refractivity contribution < 1.29 is 0 Å². The Balaban J connectivity index is 2.05. The normalized spacial score (nSPS) is 12.2. The Morgan fingerprint density at radius 2 is 1.22 bits per heavy atom. The molecule has 0 saturated heterocycles. The van der Waals surface area contributed by atoms with E-state index in [2.05, 4.69) is 18.2 Å². The number of halogens is 1. The van der Waals surface area contributed by atoms with E-state index in [0.29, 0.717) is 26.6 Å². The van der Waals surface area contributed by atoms with Crippen molar-refractivity contribution in [2.45, 2.75) is 0 Å². The fraction of sp³-hybridized carbons (Fsp3) is 0. The molecule has 0 bridgehead atoms. The van der Waals surface area contributed by atoms with Gasteiger partial charge in [-0.1, -0.05) is 66.2 Å². The van der Waals surface area contributed by atoms with Gasteiger partial charge in [-0.2, -0.15) is 0 Å². The Bertz CT molecular complexity index is 1650. The molecule has 0 fully saturated rings. The smallest absolute Gasteiger partial charge is 0.196 e. The molecule has 0 radical (unpaired) electrons. The minimum atomic E-state index is -0.178. The van der Waals surface area contributed by atoms with Crippen LogP contribution in [0.1, 0.15) is 0 Å². The molecule has 6 rings (SSSR count). The Labute approximate surface area is 157 Å². The molecule has 0 atom stereocenters. The van der Waals surface area contributed by atoms with Crippen LogP contribution in [-0.4, -0.2) is 0 Å². The standard InChI is InChI=1S/C24H11ClO2/c25-18-6-2-5-16-22(18)24(27)21-15-10-9-13-4-1-3-12-7-8-14(20(15)19(12)13)11-17(21)23(16)26/h1-11H. The summed E-state index contributed by atoms with van der Waals surface area (Å²) in [5.41, 5.74) is -0.323. The molecule has 6 aromatic carbocycles. The molecule has 6 aromatic rings. The van der Waals surface area contributed by atoms with E-state index in [1.165, 1.54) is 0 Å². The second kappa shape index (κ2) is 4.93. The number of hydrogen-bond donors (Lipinski definition) is 0. The molecule has 2 nitrogen and oxygen atoms in total. The lowest BCUT2D eigenvalue weighted by Gasteiger charge is -2.13. The molecule has 0 aromatic heterocycles. The van der Waals surface area contributed by atoms with Gasteiger partial charge in [-0.15, -0.1) is 0 Å². The Morgan fingerprint density at radius 3 is 2.04 bits per heavy atom. The predicted molar refractivity (Wildman–Crippen MR) is 114 cm³/mol. The molecule has 0 unspecified atom stereocenters. The van der Waals surface area contributed by atoms with Crippen molar-refractivity contribution in [3.05, 3.63) is 92.2 Å². The van der Waals surface area contributed by atoms with Gasteiger partial charge >= 0.3 is 0 Å². The summed E-state index contributed by atoms with van der Waals surface area (Å²) in [5, 5.41) is 8.13. The van der Waals surface area contributed by atoms with E-state index < -0.39 is 0 Å². The third-order valence-corrected chi connectivity index (χ3v) is 5.92. The van der Waals surface area contributed by atoms with Gasteiger partial charge in [0.1, 0.15) is 0 Å². The van der Waals surface area contributed by atoms with Crippen LogP contribution in [0.2, 0.25) is 5.02 Å². The summed E-state index contributed by atoms with van der Waals surface area (Å²) in [6.07, 6.45) is 0. The van der Waals surface area contributed by atoms with Crippen molar-refractivity contribution in [1.29, 1.82) is 0 Å². The van der Waals surface area contributed by atoms with Gasteiger partial charge in [-0.05, 0) is 44.5 Å². The van der Waals surface area contributed by atoms with Crippen LogP contribution in [0.25, 0.3) is 53.9 Å². The van der Waals surface area contributed by atoms with Crippen LogP contribution in [0, 0.1) is 0 Å². The quantitative estimate of drug-likeness (QED) is 0.255. The number of benzene rings is 6. The van der Waals surface area contributed by atoms with Crippen molar-refractivity contribution in [2.24, 2.45) is 0 Å². The van der Waals surface area contributed by atoms with Crippen molar-refractivity contribution in [3.8, 4) is 0 Å². The molecular weight excluding hydrogens is 356 g/mol. The minimum absolute atomic E-state index is 0.146. The first kappa shape index (κ1) is 14.9. The monoisotopic (exact) mass is 366 g/mol. The first-order chi connectivity index (χ1) is 13.1. The third kappa shape index (κ3) is 1.76. The van der Waals surface area contributed by atoms with Gasteiger partial charge in [-0.25, -0.2) is 0 Å². The van der Waals surface area contributed by atoms with E-state index in [9.17, 15) is 9.59 Å². The largest absolute Gasteiger partial charge is 0.289 e. The Kier molecular flexibility index (Phi) is 2.72. The minimum Gasteiger partial charge on any atom is -0.289 e. The summed E-state index contributed by atoms with van der Waals surface area (Å²) in [6.45, 7) is 0. The zero-order valence-electron chi connectivity index (χ0n) is 14.0. The van der Waals surface area contributed by atoms with Gasteiger partial charge < -0.3 is 0 Å². The highest BCUT2D eigenvalue weighted by Crippen LogP contribution is 2.37. The highest BCUT2D eigenvalue weighted by Gasteiger charge is 2.18. The van der Waals surface area contributed by atoms with Crippen molar-refractivity contribution in [3.63, 3.8) is 0 Å². The fourth-order valence-electron chi connectivity index (χ4n) is 4.45. The van der Waals surface area contributed by atoms with Gasteiger partial charge in [0.2, 0.25) is 0 Å². The SMILES string of the molecule is O=c1c2cccc(Cl)c2c(=O)c2c1cc1ccc3cccc4ccc2c1c34. The first-order valence-corrected chi connectivity index (χ1v) is 9.11. The summed E-state index contributed by atoms with van der Waals surface area (Å²) in [6, 6.07) is 21.1. The maximum absolute atomic E-state index is 13.4. The molecule has 3 heteroatoms. The zero-order valence-corrected chi connectivity index (χ0v) is 14.8. The molecule has 126 valence electrons. The summed E-state index contributed by atoms with van der Waals surface area (Å²) in [5.74, 6) is 0. The molecule has 0 spiro atoms. The van der Waals surface area contributed by atoms with Crippen LogP contribution in [0.5, 0.6) is 0 Å². The summed E-state index contributed by atoms with van der Waals surface area (Å²) >= 11 is 6.30. The highest BCUT2D eigenvalue weighted by molar-refractivity contribution is 6.36. The van der Waals surface area contributed by atoms with Crippen molar-refractivity contribution in [2.75, 3.05) is 0 Å². The summed E-state index contributed by atoms with van der Waals surface area (Å²) in [7, 11) is 0. The first-order valence-electron chi connectivity index (χ1n) is 8.73. The second-order valence-electron chi connectivity index (χ2n) is 6.98. The zero-order chi connectivity index (χ0) is 18.3. The van der Waals surface area contributed by atoms with E-state index in [-0.39, 0.29) is 10.9 Å². The van der Waals surface area contributed by atoms with Crippen LogP contribution < -0.4 is 10.9 Å². The van der Waals surface area contributed by atoms with Gasteiger partial charge in [0.25, 0.3) is 0 Å². The average molecular weight is 367 g/mol. The van der Waals surface area contributed by atoms with Gasteiger partial charge in [0, 0.05) is 16.2 Å². The summed E-state index contributed by atoms with van der Waals surface area (Å²) in [4.78, 5) is 26.5. The molecule has 0 N–H and O–H groups in total. The molecule has 0 aliphatic rings. The van der Waals surface area contributed by atoms with Gasteiger partial charge in [0.15, 0.2) is 10.9 Å². The van der Waals surface area contributed by atoms with Crippen LogP contribution >= 0.6 is 11.6 Å². The lowest BCUT2D eigenvalue weighted by molar-refractivity contribution is 1.68. The molecular formula is C24H11ClO2. The lowest BCUT2D eigenvalue weighted by atomic mass is 9.89. The third-order valence-electron chi connectivity index (χ3n) is 5.60. The van der Waals surface area contributed by atoms with E-state index >= 15 is 0 Å². The molecule has 0 aliphatic carbocycles.